The number of fused-ring (bicyclic) bond motifs is 1. The van der Waals surface area contributed by atoms with Crippen molar-refractivity contribution in [3.63, 3.8) is 0 Å². The summed E-state index contributed by atoms with van der Waals surface area (Å²) in [7, 11) is 0. The third kappa shape index (κ3) is 5.39. The van der Waals surface area contributed by atoms with E-state index in [1.807, 2.05) is 13.0 Å². The smallest absolute Gasteiger partial charge is 0.341 e. The van der Waals surface area contributed by atoms with Gasteiger partial charge in [0.2, 0.25) is 0 Å². The van der Waals surface area contributed by atoms with Gasteiger partial charge >= 0.3 is 5.97 Å². The number of thiophene rings is 1. The van der Waals surface area contributed by atoms with Crippen molar-refractivity contribution in [3.05, 3.63) is 61.5 Å². The van der Waals surface area contributed by atoms with Crippen molar-refractivity contribution in [3.8, 4) is 6.07 Å². The van der Waals surface area contributed by atoms with Gasteiger partial charge in [0.25, 0.3) is 11.6 Å². The summed E-state index contributed by atoms with van der Waals surface area (Å²) in [6, 6.07) is 7.39. The number of hydrogen-bond acceptors (Lipinski definition) is 7. The maximum atomic E-state index is 12.8. The number of rotatable bonds is 8. The number of carbonyl (C=O) groups excluding carboxylic acids is 2. The molecule has 0 radical (unpaired) electrons. The van der Waals surface area contributed by atoms with E-state index in [1.54, 1.807) is 0 Å². The molecular formula is C23H23N3O5S. The predicted octanol–water partition coefficient (Wildman–Crippen LogP) is 5.04. The van der Waals surface area contributed by atoms with E-state index in [0.29, 0.717) is 22.7 Å². The number of nitro benzene ring substituents is 1. The minimum Gasteiger partial charge on any atom is -0.462 e. The number of unbranched alkanes of at least 4 members (excludes halogenated alkanes) is 1. The molecule has 3 rings (SSSR count). The van der Waals surface area contributed by atoms with E-state index in [9.17, 15) is 25.0 Å². The summed E-state index contributed by atoms with van der Waals surface area (Å²) in [5, 5.41) is 23.4. The lowest BCUT2D eigenvalue weighted by molar-refractivity contribution is -0.384. The highest BCUT2D eigenvalue weighted by molar-refractivity contribution is 7.17. The normalized spacial score (nSPS) is 13.1. The van der Waals surface area contributed by atoms with E-state index in [2.05, 4.69) is 5.32 Å². The molecule has 0 bridgehead atoms. The second-order valence-electron chi connectivity index (χ2n) is 7.38. The molecule has 1 heterocycles. The summed E-state index contributed by atoms with van der Waals surface area (Å²) in [5.41, 5.74) is 1.54. The lowest BCUT2D eigenvalue weighted by Gasteiger charge is -2.12. The van der Waals surface area contributed by atoms with Crippen LogP contribution in [-0.4, -0.2) is 23.4 Å². The van der Waals surface area contributed by atoms with E-state index < -0.39 is 16.8 Å². The molecule has 32 heavy (non-hydrogen) atoms. The van der Waals surface area contributed by atoms with Crippen LogP contribution in [0.1, 0.15) is 59.0 Å². The third-order valence-electron chi connectivity index (χ3n) is 5.11. The van der Waals surface area contributed by atoms with Gasteiger partial charge in [0.15, 0.2) is 0 Å². The van der Waals surface area contributed by atoms with E-state index in [0.717, 1.165) is 49.0 Å². The Morgan fingerprint density at radius 1 is 1.28 bits per heavy atom. The highest BCUT2D eigenvalue weighted by Crippen LogP contribution is 2.38. The molecule has 1 aromatic heterocycles. The first-order valence-corrected chi connectivity index (χ1v) is 11.3. The molecule has 166 valence electrons. The van der Waals surface area contributed by atoms with E-state index in [1.165, 1.54) is 41.7 Å². The number of anilines is 1. The number of ether oxygens (including phenoxy) is 1. The Balaban J connectivity index is 1.85. The van der Waals surface area contributed by atoms with Gasteiger partial charge in [0.1, 0.15) is 16.6 Å². The molecule has 9 heteroatoms. The SMILES string of the molecule is CCCCOC(=O)c1c(NC(=O)/C(C#N)=C/c2ccc([N+](=O)[O-])cc2)sc2c1CCCC2. The monoisotopic (exact) mass is 453 g/mol. The minimum absolute atomic E-state index is 0.0829. The van der Waals surface area contributed by atoms with Crippen molar-refractivity contribution in [1.82, 2.24) is 0 Å². The van der Waals surface area contributed by atoms with Crippen molar-refractivity contribution < 1.29 is 19.2 Å². The fourth-order valence-corrected chi connectivity index (χ4v) is 4.70. The number of hydrogen-bond donors (Lipinski definition) is 1. The molecule has 0 atom stereocenters. The van der Waals surface area contributed by atoms with Crippen LogP contribution in [0.25, 0.3) is 6.08 Å². The molecular weight excluding hydrogens is 430 g/mol. The first-order chi connectivity index (χ1) is 15.4. The number of nitrogens with zero attached hydrogens (tertiary/aromatic N) is 2. The fourth-order valence-electron chi connectivity index (χ4n) is 3.43. The average molecular weight is 454 g/mol. The second kappa shape index (κ2) is 10.7. The number of non-ortho nitro benzene ring substituents is 1. The Morgan fingerprint density at radius 3 is 2.66 bits per heavy atom. The molecule has 0 saturated carbocycles. The second-order valence-corrected chi connectivity index (χ2v) is 8.48. The fraction of sp³-hybridized carbons (Fsp3) is 0.348. The van der Waals surface area contributed by atoms with Crippen LogP contribution in [0.3, 0.4) is 0 Å². The predicted molar refractivity (Wildman–Crippen MR) is 121 cm³/mol. The zero-order valence-electron chi connectivity index (χ0n) is 17.7. The summed E-state index contributed by atoms with van der Waals surface area (Å²) in [5.74, 6) is -1.10. The molecule has 0 aliphatic heterocycles. The van der Waals surface area contributed by atoms with Crippen LogP contribution < -0.4 is 5.32 Å². The number of nitro groups is 1. The highest BCUT2D eigenvalue weighted by Gasteiger charge is 2.28. The Morgan fingerprint density at radius 2 is 2.00 bits per heavy atom. The summed E-state index contributed by atoms with van der Waals surface area (Å²) < 4.78 is 5.41. The molecule has 1 N–H and O–H groups in total. The topological polar surface area (TPSA) is 122 Å². The van der Waals surface area contributed by atoms with Crippen molar-refractivity contribution in [2.45, 2.75) is 45.4 Å². The standard InChI is InChI=1S/C23H23N3O5S/c1-2-3-12-31-23(28)20-18-6-4-5-7-19(18)32-22(20)25-21(27)16(14-24)13-15-8-10-17(11-9-15)26(29)30/h8-11,13H,2-7,12H2,1H3,(H,25,27)/b16-13+. The molecule has 8 nitrogen and oxygen atoms in total. The molecule has 0 unspecified atom stereocenters. The zero-order valence-corrected chi connectivity index (χ0v) is 18.5. The van der Waals surface area contributed by atoms with Gasteiger partial charge in [-0.25, -0.2) is 4.79 Å². The maximum Gasteiger partial charge on any atom is 0.341 e. The van der Waals surface area contributed by atoms with Crippen LogP contribution in [0.4, 0.5) is 10.7 Å². The first-order valence-electron chi connectivity index (χ1n) is 10.4. The quantitative estimate of drug-likeness (QED) is 0.149. The minimum atomic E-state index is -0.646. The largest absolute Gasteiger partial charge is 0.462 e. The van der Waals surface area contributed by atoms with Crippen LogP contribution in [0.5, 0.6) is 0 Å². The van der Waals surface area contributed by atoms with Gasteiger partial charge in [-0.15, -0.1) is 11.3 Å². The zero-order chi connectivity index (χ0) is 23.1. The molecule has 1 amide bonds. The number of amides is 1. The molecule has 2 aromatic rings. The van der Waals surface area contributed by atoms with Gasteiger partial charge in [0, 0.05) is 17.0 Å². The van der Waals surface area contributed by atoms with Gasteiger partial charge in [0.05, 0.1) is 17.1 Å². The van der Waals surface area contributed by atoms with Gasteiger partial charge < -0.3 is 10.1 Å². The van der Waals surface area contributed by atoms with E-state index >= 15 is 0 Å². The van der Waals surface area contributed by atoms with Crippen LogP contribution >= 0.6 is 11.3 Å². The molecule has 1 aromatic carbocycles. The summed E-state index contributed by atoms with van der Waals surface area (Å²) >= 11 is 1.35. The van der Waals surface area contributed by atoms with Crippen LogP contribution in [0, 0.1) is 21.4 Å². The summed E-state index contributed by atoms with van der Waals surface area (Å²) in [6.45, 7) is 2.32. The average Bonchev–Trinajstić information content (AvgIpc) is 3.15. The van der Waals surface area contributed by atoms with Crippen LogP contribution in [0.2, 0.25) is 0 Å². The molecule has 0 spiro atoms. The first kappa shape index (κ1) is 23.2. The van der Waals surface area contributed by atoms with Crippen molar-refractivity contribution in [1.29, 1.82) is 5.26 Å². The molecule has 1 aliphatic rings. The van der Waals surface area contributed by atoms with Crippen LogP contribution in [0.15, 0.2) is 29.8 Å². The maximum absolute atomic E-state index is 12.8. The number of benzene rings is 1. The number of nitriles is 1. The van der Waals surface area contributed by atoms with Crippen molar-refractivity contribution in [2.24, 2.45) is 0 Å². The highest BCUT2D eigenvalue weighted by atomic mass is 32.1. The molecule has 0 saturated heterocycles. The Hall–Kier alpha value is -3.51. The lowest BCUT2D eigenvalue weighted by Crippen LogP contribution is -2.17. The van der Waals surface area contributed by atoms with Crippen molar-refractivity contribution in [2.75, 3.05) is 11.9 Å². The van der Waals surface area contributed by atoms with Gasteiger partial charge in [-0.05, 0) is 61.4 Å². The van der Waals surface area contributed by atoms with Crippen molar-refractivity contribution >= 4 is 40.0 Å². The summed E-state index contributed by atoms with van der Waals surface area (Å²) in [4.78, 5) is 36.9. The lowest BCUT2D eigenvalue weighted by atomic mass is 9.95. The number of aryl methyl sites for hydroxylation is 1. The van der Waals surface area contributed by atoms with E-state index in [-0.39, 0.29) is 11.3 Å². The molecule has 1 aliphatic carbocycles. The number of nitrogens with one attached hydrogen (secondary N) is 1. The van der Waals surface area contributed by atoms with Crippen LogP contribution in [-0.2, 0) is 22.4 Å². The summed E-state index contributed by atoms with van der Waals surface area (Å²) in [6.07, 6.45) is 6.60. The number of esters is 1. The Labute approximate surface area is 189 Å². The number of carbonyl (C=O) groups is 2. The Bertz CT molecular complexity index is 1100. The Kier molecular flexibility index (Phi) is 7.73. The van der Waals surface area contributed by atoms with E-state index in [4.69, 9.17) is 4.74 Å². The van der Waals surface area contributed by atoms with Gasteiger partial charge in [-0.3, -0.25) is 14.9 Å². The van der Waals surface area contributed by atoms with Gasteiger partial charge in [-0.2, -0.15) is 5.26 Å². The third-order valence-corrected chi connectivity index (χ3v) is 6.32. The van der Waals surface area contributed by atoms with Gasteiger partial charge in [-0.1, -0.05) is 13.3 Å². The molecule has 0 fully saturated rings.